The molecule has 0 unspecified atom stereocenters. The van der Waals surface area contributed by atoms with E-state index in [1.54, 1.807) is 24.3 Å². The van der Waals surface area contributed by atoms with E-state index in [1.165, 1.54) is 6.07 Å². The number of nitrogens with two attached hydrogens (primary N) is 1. The average Bonchev–Trinajstić information content (AvgIpc) is 3.29. The molecule has 0 radical (unpaired) electrons. The fraction of sp³-hybridized carbons (Fsp3) is 0.190. The molecule has 0 bridgehead atoms. The Morgan fingerprint density at radius 2 is 2.11 bits per heavy atom. The molecule has 0 aliphatic carbocycles. The summed E-state index contributed by atoms with van der Waals surface area (Å²) < 4.78 is 24.7. The van der Waals surface area contributed by atoms with Gasteiger partial charge in [0.15, 0.2) is 17.1 Å². The molecule has 28 heavy (non-hydrogen) atoms. The molecular formula is C21H20FN3O3. The Morgan fingerprint density at radius 1 is 1.21 bits per heavy atom. The van der Waals surface area contributed by atoms with Crippen LogP contribution in [0.25, 0.3) is 21.9 Å². The summed E-state index contributed by atoms with van der Waals surface area (Å²) in [7, 11) is 0. The van der Waals surface area contributed by atoms with Gasteiger partial charge in [0.25, 0.3) is 5.91 Å². The van der Waals surface area contributed by atoms with E-state index in [-0.39, 0.29) is 11.6 Å². The Balaban J connectivity index is 1.28. The van der Waals surface area contributed by atoms with E-state index in [0.29, 0.717) is 24.5 Å². The highest BCUT2D eigenvalue weighted by molar-refractivity contribution is 5.96. The van der Waals surface area contributed by atoms with Gasteiger partial charge in [-0.2, -0.15) is 0 Å². The fourth-order valence-corrected chi connectivity index (χ4v) is 3.21. The summed E-state index contributed by atoms with van der Waals surface area (Å²) in [4.78, 5) is 14.4. The zero-order chi connectivity index (χ0) is 19.5. The largest absolute Gasteiger partial charge is 0.488 e. The van der Waals surface area contributed by atoms with E-state index >= 15 is 0 Å². The van der Waals surface area contributed by atoms with Crippen LogP contribution in [-0.2, 0) is 6.42 Å². The Morgan fingerprint density at radius 3 is 2.96 bits per heavy atom. The predicted molar refractivity (Wildman–Crippen MR) is 105 cm³/mol. The Bertz CT molecular complexity index is 1130. The van der Waals surface area contributed by atoms with Gasteiger partial charge in [0.2, 0.25) is 0 Å². The molecule has 0 spiro atoms. The van der Waals surface area contributed by atoms with Gasteiger partial charge in [-0.25, -0.2) is 4.39 Å². The molecule has 1 amide bonds. The standard InChI is InChI=1S/C21H20FN3O3/c22-15-4-5-17-16(11-15)14(12-25-17)6-7-24-8-9-27-18-3-1-2-13-10-19(21(23)26)28-20(13)18/h1-5,10-12,24-25H,6-9H2,(H2,23,26). The minimum absolute atomic E-state index is 0.111. The summed E-state index contributed by atoms with van der Waals surface area (Å²) in [5.41, 5.74) is 7.77. The van der Waals surface area contributed by atoms with E-state index < -0.39 is 5.91 Å². The van der Waals surface area contributed by atoms with Gasteiger partial charge >= 0.3 is 0 Å². The van der Waals surface area contributed by atoms with Crippen LogP contribution in [0.4, 0.5) is 4.39 Å². The number of aromatic nitrogens is 1. The molecule has 0 saturated carbocycles. The Labute approximate surface area is 160 Å². The minimum Gasteiger partial charge on any atom is -0.488 e. The summed E-state index contributed by atoms with van der Waals surface area (Å²) in [6.45, 7) is 1.81. The molecule has 0 aliphatic rings. The van der Waals surface area contributed by atoms with E-state index in [9.17, 15) is 9.18 Å². The lowest BCUT2D eigenvalue weighted by Crippen LogP contribution is -2.23. The molecule has 0 fully saturated rings. The zero-order valence-corrected chi connectivity index (χ0v) is 15.1. The SMILES string of the molecule is NC(=O)c1cc2cccc(OCCNCCc3c[nH]c4ccc(F)cc34)c2o1. The topological polar surface area (TPSA) is 93.3 Å². The number of primary amides is 1. The monoisotopic (exact) mass is 381 g/mol. The third-order valence-electron chi connectivity index (χ3n) is 4.59. The number of ether oxygens (including phenoxy) is 1. The van der Waals surface area contributed by atoms with E-state index in [2.05, 4.69) is 10.3 Å². The lowest BCUT2D eigenvalue weighted by Gasteiger charge is -2.08. The van der Waals surface area contributed by atoms with Gasteiger partial charge in [0.05, 0.1) is 0 Å². The van der Waals surface area contributed by atoms with Crippen molar-refractivity contribution in [3.63, 3.8) is 0 Å². The molecule has 0 saturated heterocycles. The molecule has 4 N–H and O–H groups in total. The number of rotatable bonds is 8. The van der Waals surface area contributed by atoms with Crippen LogP contribution < -0.4 is 15.8 Å². The maximum absolute atomic E-state index is 13.4. The lowest BCUT2D eigenvalue weighted by molar-refractivity contribution is 0.0976. The third kappa shape index (κ3) is 3.70. The maximum atomic E-state index is 13.4. The van der Waals surface area contributed by atoms with Crippen LogP contribution in [0.15, 0.2) is 53.1 Å². The predicted octanol–water partition coefficient (Wildman–Crippen LogP) is 3.36. The van der Waals surface area contributed by atoms with Gasteiger partial charge in [-0.3, -0.25) is 4.79 Å². The van der Waals surface area contributed by atoms with Crippen LogP contribution in [0.5, 0.6) is 5.75 Å². The van der Waals surface area contributed by atoms with Crippen LogP contribution in [0, 0.1) is 5.82 Å². The molecule has 144 valence electrons. The van der Waals surface area contributed by atoms with E-state index in [4.69, 9.17) is 14.9 Å². The molecule has 2 heterocycles. The van der Waals surface area contributed by atoms with Crippen LogP contribution in [0.2, 0.25) is 0 Å². The summed E-state index contributed by atoms with van der Waals surface area (Å²) >= 11 is 0. The van der Waals surface area contributed by atoms with Crippen LogP contribution in [-0.4, -0.2) is 30.6 Å². The van der Waals surface area contributed by atoms with Crippen molar-refractivity contribution in [3.8, 4) is 5.75 Å². The van der Waals surface area contributed by atoms with Gasteiger partial charge in [0, 0.05) is 29.0 Å². The van der Waals surface area contributed by atoms with Crippen molar-refractivity contribution in [2.45, 2.75) is 6.42 Å². The smallest absolute Gasteiger partial charge is 0.284 e. The first-order chi connectivity index (χ1) is 13.6. The number of aromatic amines is 1. The number of hydrogen-bond acceptors (Lipinski definition) is 4. The second-order valence-electron chi connectivity index (χ2n) is 6.50. The van der Waals surface area contributed by atoms with Crippen molar-refractivity contribution in [2.75, 3.05) is 19.7 Å². The van der Waals surface area contributed by atoms with Crippen LogP contribution in [0.1, 0.15) is 16.1 Å². The van der Waals surface area contributed by atoms with Crippen molar-refractivity contribution in [1.82, 2.24) is 10.3 Å². The maximum Gasteiger partial charge on any atom is 0.284 e. The number of halogens is 1. The number of benzene rings is 2. The molecule has 4 aromatic rings. The highest BCUT2D eigenvalue weighted by Gasteiger charge is 2.12. The number of para-hydroxylation sites is 1. The highest BCUT2D eigenvalue weighted by Crippen LogP contribution is 2.28. The molecule has 0 atom stereocenters. The van der Waals surface area contributed by atoms with Crippen LogP contribution in [0.3, 0.4) is 0 Å². The number of carbonyl (C=O) groups excluding carboxylic acids is 1. The minimum atomic E-state index is -0.610. The van der Waals surface area contributed by atoms with Crippen molar-refractivity contribution < 1.29 is 18.3 Å². The normalized spacial score (nSPS) is 11.3. The molecule has 4 rings (SSSR count). The molecule has 0 aliphatic heterocycles. The van der Waals surface area contributed by atoms with Gasteiger partial charge in [-0.05, 0) is 48.9 Å². The summed E-state index contributed by atoms with van der Waals surface area (Å²) in [6, 6.07) is 11.8. The van der Waals surface area contributed by atoms with E-state index in [1.807, 2.05) is 18.3 Å². The number of H-pyrrole nitrogens is 1. The Hall–Kier alpha value is -3.32. The highest BCUT2D eigenvalue weighted by atomic mass is 19.1. The van der Waals surface area contributed by atoms with Crippen LogP contribution >= 0.6 is 0 Å². The second-order valence-corrected chi connectivity index (χ2v) is 6.50. The quantitative estimate of drug-likeness (QED) is 0.408. The van der Waals surface area contributed by atoms with Gasteiger partial charge in [-0.15, -0.1) is 0 Å². The summed E-state index contributed by atoms with van der Waals surface area (Å²) in [5, 5.41) is 4.99. The number of furan rings is 1. The summed E-state index contributed by atoms with van der Waals surface area (Å²) in [5.74, 6) is -0.166. The first kappa shape index (κ1) is 18.1. The number of amides is 1. The molecule has 2 aromatic heterocycles. The number of hydrogen-bond donors (Lipinski definition) is 3. The fourth-order valence-electron chi connectivity index (χ4n) is 3.21. The van der Waals surface area contributed by atoms with Crippen molar-refractivity contribution in [3.05, 3.63) is 65.8 Å². The molecular weight excluding hydrogens is 361 g/mol. The Kier molecular flexibility index (Phi) is 4.99. The first-order valence-electron chi connectivity index (χ1n) is 9.03. The van der Waals surface area contributed by atoms with Gasteiger partial charge in [0.1, 0.15) is 12.4 Å². The van der Waals surface area contributed by atoms with Gasteiger partial charge in [-0.1, -0.05) is 12.1 Å². The first-order valence-corrected chi connectivity index (χ1v) is 9.03. The van der Waals surface area contributed by atoms with Crippen molar-refractivity contribution >= 4 is 27.8 Å². The molecule has 2 aromatic carbocycles. The molecule has 7 heteroatoms. The van der Waals surface area contributed by atoms with Gasteiger partial charge < -0.3 is 25.2 Å². The van der Waals surface area contributed by atoms with E-state index in [0.717, 1.165) is 34.8 Å². The molecule has 6 nitrogen and oxygen atoms in total. The second kappa shape index (κ2) is 7.74. The third-order valence-corrected chi connectivity index (χ3v) is 4.59. The van der Waals surface area contributed by atoms with Crippen molar-refractivity contribution in [1.29, 1.82) is 0 Å². The average molecular weight is 381 g/mol. The number of nitrogens with one attached hydrogen (secondary N) is 2. The zero-order valence-electron chi connectivity index (χ0n) is 15.1. The number of carbonyl (C=O) groups is 1. The van der Waals surface area contributed by atoms with Crippen molar-refractivity contribution in [2.24, 2.45) is 5.73 Å². The lowest BCUT2D eigenvalue weighted by atomic mass is 10.1. The number of fused-ring (bicyclic) bond motifs is 2. The summed E-state index contributed by atoms with van der Waals surface area (Å²) in [6.07, 6.45) is 2.69.